The highest BCUT2D eigenvalue weighted by Gasteiger charge is 2.44. The van der Waals surface area contributed by atoms with Crippen LogP contribution in [-0.4, -0.2) is 72.6 Å². The summed E-state index contributed by atoms with van der Waals surface area (Å²) in [7, 11) is 0. The summed E-state index contributed by atoms with van der Waals surface area (Å²) in [5, 5.41) is 0. The first-order valence-corrected chi connectivity index (χ1v) is 11.2. The molecule has 2 saturated heterocycles. The van der Waals surface area contributed by atoms with Gasteiger partial charge >= 0.3 is 11.9 Å². The smallest absolute Gasteiger partial charge is 0.338 e. The van der Waals surface area contributed by atoms with Crippen molar-refractivity contribution in [1.29, 1.82) is 0 Å². The topological polar surface area (TPSA) is 85.4 Å². The van der Waals surface area contributed by atoms with E-state index in [9.17, 15) is 14.4 Å². The van der Waals surface area contributed by atoms with Gasteiger partial charge < -0.3 is 24.0 Å². The Balaban J connectivity index is 1.20. The van der Waals surface area contributed by atoms with Gasteiger partial charge in [-0.05, 0) is 50.3 Å². The molecule has 0 atom stereocenters. The van der Waals surface area contributed by atoms with Gasteiger partial charge in [0.15, 0.2) is 0 Å². The van der Waals surface area contributed by atoms with Gasteiger partial charge in [-0.3, -0.25) is 4.79 Å². The van der Waals surface area contributed by atoms with Crippen molar-refractivity contribution in [3.8, 4) is 0 Å². The lowest BCUT2D eigenvalue weighted by molar-refractivity contribution is -0.168. The predicted molar refractivity (Wildman–Crippen MR) is 114 cm³/mol. The summed E-state index contributed by atoms with van der Waals surface area (Å²) < 4.78 is 16.3. The van der Waals surface area contributed by atoms with Crippen LogP contribution >= 0.6 is 0 Å². The lowest BCUT2D eigenvalue weighted by Crippen LogP contribution is -2.58. The van der Waals surface area contributed by atoms with Crippen LogP contribution in [0, 0.1) is 6.92 Å². The summed E-state index contributed by atoms with van der Waals surface area (Å²) in [5.74, 6) is -0.684. The van der Waals surface area contributed by atoms with Crippen LogP contribution in [0.1, 0.15) is 46.8 Å². The van der Waals surface area contributed by atoms with Gasteiger partial charge in [-0.2, -0.15) is 0 Å². The third kappa shape index (κ3) is 3.61. The number of hydrogen-bond acceptors (Lipinski definition) is 7. The number of benzene rings is 1. The number of amides is 1. The number of fused-ring (bicyclic) bond motifs is 1. The third-order valence-corrected chi connectivity index (χ3v) is 7.40. The largest absolute Gasteiger partial charge is 0.457 e. The standard InChI is InChI=1S/C24H28N2O6/c1-15-17(3-4-18-19(15)11-30-23(18)29)5-8-25-9-6-24(7-10-25)14-26(21(27)13-32-24)20-12-31-22(28)16(20)2/h3-4H,5-14H2,1-2H3. The van der Waals surface area contributed by atoms with Crippen LogP contribution in [0.2, 0.25) is 0 Å². The fraction of sp³-hybridized carbons (Fsp3) is 0.542. The second kappa shape index (κ2) is 8.01. The second-order valence-corrected chi connectivity index (χ2v) is 9.14. The maximum absolute atomic E-state index is 12.5. The van der Waals surface area contributed by atoms with Crippen LogP contribution in [0.15, 0.2) is 23.4 Å². The van der Waals surface area contributed by atoms with E-state index >= 15 is 0 Å². The number of carbonyl (C=O) groups is 3. The highest BCUT2D eigenvalue weighted by atomic mass is 16.5. The van der Waals surface area contributed by atoms with Gasteiger partial charge in [-0.1, -0.05) is 6.07 Å². The molecule has 0 radical (unpaired) electrons. The van der Waals surface area contributed by atoms with Gasteiger partial charge in [0.05, 0.1) is 29.0 Å². The number of piperidine rings is 1. The monoisotopic (exact) mass is 440 g/mol. The summed E-state index contributed by atoms with van der Waals surface area (Å²) >= 11 is 0. The lowest BCUT2D eigenvalue weighted by atomic mass is 9.88. The Morgan fingerprint density at radius 3 is 2.44 bits per heavy atom. The number of nitrogens with zero attached hydrogens (tertiary/aromatic N) is 2. The van der Waals surface area contributed by atoms with E-state index in [-0.39, 0.29) is 36.7 Å². The third-order valence-electron chi connectivity index (χ3n) is 7.40. The summed E-state index contributed by atoms with van der Waals surface area (Å²) in [6.07, 6.45) is 2.59. The van der Waals surface area contributed by atoms with Crippen LogP contribution in [0.4, 0.5) is 0 Å². The summed E-state index contributed by atoms with van der Waals surface area (Å²) in [5.41, 5.74) is 4.95. The molecule has 8 nitrogen and oxygen atoms in total. The van der Waals surface area contributed by atoms with Crippen LogP contribution in [-0.2, 0) is 36.8 Å². The molecule has 4 aliphatic heterocycles. The summed E-state index contributed by atoms with van der Waals surface area (Å²) in [4.78, 5) is 40.1. The van der Waals surface area contributed by atoms with Crippen molar-refractivity contribution in [2.24, 2.45) is 0 Å². The van der Waals surface area contributed by atoms with Crippen LogP contribution in [0.25, 0.3) is 0 Å². The van der Waals surface area contributed by atoms with Crippen molar-refractivity contribution in [3.05, 3.63) is 45.7 Å². The molecule has 32 heavy (non-hydrogen) atoms. The molecule has 0 aromatic heterocycles. The molecule has 1 spiro atoms. The molecular formula is C24H28N2O6. The van der Waals surface area contributed by atoms with Crippen molar-refractivity contribution in [2.45, 2.75) is 45.3 Å². The first-order valence-electron chi connectivity index (χ1n) is 11.2. The SMILES string of the molecule is CC1=C(N2CC3(CCN(CCc4ccc5c(c4C)COC5=O)CC3)OCC2=O)COC1=O. The number of ether oxygens (including phenoxy) is 3. The summed E-state index contributed by atoms with van der Waals surface area (Å²) in [6.45, 7) is 7.54. The highest BCUT2D eigenvalue weighted by molar-refractivity contribution is 5.94. The fourth-order valence-electron chi connectivity index (χ4n) is 5.14. The zero-order valence-corrected chi connectivity index (χ0v) is 18.6. The quantitative estimate of drug-likeness (QED) is 0.659. The molecule has 4 aliphatic rings. The zero-order chi connectivity index (χ0) is 22.5. The molecule has 8 heteroatoms. The van der Waals surface area contributed by atoms with Gasteiger partial charge in [0.25, 0.3) is 5.91 Å². The number of morpholine rings is 1. The minimum absolute atomic E-state index is 0.0417. The van der Waals surface area contributed by atoms with Gasteiger partial charge in [0.1, 0.15) is 19.8 Å². The number of rotatable bonds is 4. The lowest BCUT2D eigenvalue weighted by Gasteiger charge is -2.47. The van der Waals surface area contributed by atoms with Crippen LogP contribution < -0.4 is 0 Å². The van der Waals surface area contributed by atoms with E-state index in [1.54, 1.807) is 11.8 Å². The van der Waals surface area contributed by atoms with Gasteiger partial charge in [0, 0.05) is 25.2 Å². The molecule has 1 amide bonds. The fourth-order valence-corrected chi connectivity index (χ4v) is 5.14. The molecule has 2 fully saturated rings. The van der Waals surface area contributed by atoms with E-state index in [1.165, 1.54) is 5.56 Å². The molecule has 170 valence electrons. The van der Waals surface area contributed by atoms with E-state index in [4.69, 9.17) is 14.2 Å². The van der Waals surface area contributed by atoms with E-state index in [0.29, 0.717) is 30.0 Å². The molecule has 1 aromatic rings. The molecule has 0 unspecified atom stereocenters. The number of likely N-dealkylation sites (tertiary alicyclic amines) is 1. The van der Waals surface area contributed by atoms with E-state index in [1.807, 2.05) is 12.1 Å². The van der Waals surface area contributed by atoms with Gasteiger partial charge in [-0.15, -0.1) is 0 Å². The summed E-state index contributed by atoms with van der Waals surface area (Å²) in [6, 6.07) is 3.93. The molecule has 0 aliphatic carbocycles. The minimum atomic E-state index is -0.371. The maximum Gasteiger partial charge on any atom is 0.338 e. The Bertz CT molecular complexity index is 1020. The van der Waals surface area contributed by atoms with Gasteiger partial charge in [0.2, 0.25) is 0 Å². The Morgan fingerprint density at radius 2 is 1.72 bits per heavy atom. The Hall–Kier alpha value is -2.71. The number of carbonyl (C=O) groups excluding carboxylic acids is 3. The van der Waals surface area contributed by atoms with E-state index < -0.39 is 0 Å². The Morgan fingerprint density at radius 1 is 0.969 bits per heavy atom. The average molecular weight is 440 g/mol. The number of cyclic esters (lactones) is 2. The highest BCUT2D eigenvalue weighted by Crippen LogP contribution is 2.34. The molecule has 5 rings (SSSR count). The predicted octanol–water partition coefficient (Wildman–Crippen LogP) is 1.73. The molecular weight excluding hydrogens is 412 g/mol. The van der Waals surface area contributed by atoms with E-state index in [0.717, 1.165) is 50.0 Å². The molecule has 0 saturated carbocycles. The van der Waals surface area contributed by atoms with Crippen molar-refractivity contribution >= 4 is 17.8 Å². The van der Waals surface area contributed by atoms with Crippen LogP contribution in [0.5, 0.6) is 0 Å². The molecule has 0 bridgehead atoms. The minimum Gasteiger partial charge on any atom is -0.457 e. The van der Waals surface area contributed by atoms with Crippen molar-refractivity contribution < 1.29 is 28.6 Å². The number of hydrogen-bond donors (Lipinski definition) is 0. The average Bonchev–Trinajstić information content (AvgIpc) is 3.33. The zero-order valence-electron chi connectivity index (χ0n) is 18.6. The second-order valence-electron chi connectivity index (χ2n) is 9.14. The maximum atomic E-state index is 12.5. The van der Waals surface area contributed by atoms with Crippen molar-refractivity contribution in [3.63, 3.8) is 0 Å². The molecule has 0 N–H and O–H groups in total. The number of esters is 2. The molecule has 4 heterocycles. The van der Waals surface area contributed by atoms with Crippen molar-refractivity contribution in [2.75, 3.05) is 39.4 Å². The normalized spacial score (nSPS) is 23.1. The van der Waals surface area contributed by atoms with Gasteiger partial charge in [-0.25, -0.2) is 9.59 Å². The van der Waals surface area contributed by atoms with E-state index in [2.05, 4.69) is 11.8 Å². The Kier molecular flexibility index (Phi) is 5.29. The van der Waals surface area contributed by atoms with Crippen LogP contribution in [0.3, 0.4) is 0 Å². The molecule has 1 aromatic carbocycles. The Labute approximate surface area is 187 Å². The first-order chi connectivity index (χ1) is 15.4. The van der Waals surface area contributed by atoms with Crippen molar-refractivity contribution in [1.82, 2.24) is 9.80 Å². The first kappa shape index (κ1) is 21.2.